The molecule has 0 saturated carbocycles. The molecule has 0 fully saturated rings. The molecule has 1 aromatic heterocycles. The van der Waals surface area contributed by atoms with Crippen LogP contribution in [-0.4, -0.2) is 16.0 Å². The molecule has 0 saturated heterocycles. The normalized spacial score (nSPS) is 11.5. The number of aromatic nitrogens is 2. The van der Waals surface area contributed by atoms with E-state index in [9.17, 15) is 13.2 Å². The lowest BCUT2D eigenvalue weighted by atomic mass is 10.1. The Hall–Kier alpha value is -2.76. The molecule has 0 aliphatic rings. The van der Waals surface area contributed by atoms with Gasteiger partial charge < -0.3 is 4.74 Å². The molecule has 0 N–H and O–H groups in total. The Kier molecular flexibility index (Phi) is 4.55. The van der Waals surface area contributed by atoms with Gasteiger partial charge in [0.15, 0.2) is 0 Å². The van der Waals surface area contributed by atoms with Crippen LogP contribution in [0.5, 0.6) is 5.75 Å². The number of benzene rings is 2. The highest BCUT2D eigenvalue weighted by Crippen LogP contribution is 2.23. The monoisotopic (exact) mass is 332 g/mol. The Morgan fingerprint density at radius 1 is 0.917 bits per heavy atom. The van der Waals surface area contributed by atoms with E-state index in [2.05, 4.69) is 5.10 Å². The van der Waals surface area contributed by atoms with E-state index in [-0.39, 0.29) is 0 Å². The average Bonchev–Trinajstić information content (AvgIpc) is 3.01. The number of rotatable bonds is 5. The minimum absolute atomic E-state index is 0.459. The Labute approximate surface area is 137 Å². The van der Waals surface area contributed by atoms with Gasteiger partial charge in [-0.1, -0.05) is 30.3 Å². The van der Waals surface area contributed by atoms with Crippen LogP contribution in [0.1, 0.15) is 5.56 Å². The molecular formula is C18H15F3N2O. The predicted molar refractivity (Wildman–Crippen MR) is 84.5 cm³/mol. The van der Waals surface area contributed by atoms with Crippen LogP contribution in [0.25, 0.3) is 11.3 Å². The summed E-state index contributed by atoms with van der Waals surface area (Å²) in [7, 11) is 0. The molecule has 3 rings (SSSR count). The van der Waals surface area contributed by atoms with Crippen LogP contribution >= 0.6 is 0 Å². The molecule has 24 heavy (non-hydrogen) atoms. The first kappa shape index (κ1) is 16.1. The number of nitrogens with zero attached hydrogens (tertiary/aromatic N) is 2. The number of ether oxygens (including phenoxy) is 1. The van der Waals surface area contributed by atoms with Crippen LogP contribution in [0.4, 0.5) is 13.2 Å². The van der Waals surface area contributed by atoms with Gasteiger partial charge in [0.25, 0.3) is 0 Å². The summed E-state index contributed by atoms with van der Waals surface area (Å²) < 4.78 is 43.6. The van der Waals surface area contributed by atoms with Gasteiger partial charge >= 0.3 is 6.18 Å². The molecule has 3 aromatic rings. The quantitative estimate of drug-likeness (QED) is 0.678. The molecule has 0 aliphatic heterocycles. The third-order valence-corrected chi connectivity index (χ3v) is 3.38. The van der Waals surface area contributed by atoms with Crippen molar-refractivity contribution in [1.82, 2.24) is 9.78 Å². The highest BCUT2D eigenvalue weighted by atomic mass is 19.4. The molecule has 0 radical (unpaired) electrons. The van der Waals surface area contributed by atoms with Crippen molar-refractivity contribution in [3.8, 4) is 17.0 Å². The maximum absolute atomic E-state index is 12.4. The summed E-state index contributed by atoms with van der Waals surface area (Å²) in [6.45, 7) is -0.633. The molecule has 3 nitrogen and oxygen atoms in total. The minimum Gasteiger partial charge on any atom is -0.489 e. The lowest BCUT2D eigenvalue weighted by Gasteiger charge is -2.07. The van der Waals surface area contributed by atoms with E-state index in [1.165, 1.54) is 6.20 Å². The molecule has 124 valence electrons. The van der Waals surface area contributed by atoms with E-state index < -0.39 is 12.7 Å². The van der Waals surface area contributed by atoms with E-state index in [1.807, 2.05) is 30.3 Å². The smallest absolute Gasteiger partial charge is 0.408 e. The molecular weight excluding hydrogens is 317 g/mol. The van der Waals surface area contributed by atoms with E-state index >= 15 is 0 Å². The third kappa shape index (κ3) is 4.38. The first-order valence-electron chi connectivity index (χ1n) is 7.37. The highest BCUT2D eigenvalue weighted by Gasteiger charge is 2.28. The number of hydrogen-bond donors (Lipinski definition) is 0. The maximum atomic E-state index is 12.4. The Morgan fingerprint density at radius 2 is 1.62 bits per heavy atom. The van der Waals surface area contributed by atoms with Gasteiger partial charge in [0.2, 0.25) is 0 Å². The van der Waals surface area contributed by atoms with E-state index in [0.29, 0.717) is 18.1 Å². The van der Waals surface area contributed by atoms with Crippen LogP contribution in [-0.2, 0) is 13.2 Å². The van der Waals surface area contributed by atoms with Crippen LogP contribution in [0.15, 0.2) is 66.9 Å². The molecule has 0 amide bonds. The van der Waals surface area contributed by atoms with Crippen molar-refractivity contribution in [2.24, 2.45) is 0 Å². The predicted octanol–water partition coefficient (Wildman–Crippen LogP) is 4.69. The summed E-state index contributed by atoms with van der Waals surface area (Å²) >= 11 is 0. The highest BCUT2D eigenvalue weighted by molar-refractivity contribution is 5.59. The topological polar surface area (TPSA) is 27.1 Å². The van der Waals surface area contributed by atoms with Gasteiger partial charge in [-0.25, -0.2) is 0 Å². The zero-order valence-corrected chi connectivity index (χ0v) is 12.7. The van der Waals surface area contributed by atoms with Gasteiger partial charge in [0.05, 0.1) is 5.69 Å². The van der Waals surface area contributed by atoms with Gasteiger partial charge in [0.1, 0.15) is 18.9 Å². The first-order chi connectivity index (χ1) is 11.5. The van der Waals surface area contributed by atoms with Crippen LogP contribution in [0.3, 0.4) is 0 Å². The maximum Gasteiger partial charge on any atom is 0.408 e. The van der Waals surface area contributed by atoms with Gasteiger partial charge in [-0.15, -0.1) is 0 Å². The summed E-state index contributed by atoms with van der Waals surface area (Å²) in [5.74, 6) is 0.692. The second kappa shape index (κ2) is 6.78. The van der Waals surface area contributed by atoms with Crippen LogP contribution in [0.2, 0.25) is 0 Å². The molecule has 0 aliphatic carbocycles. The zero-order chi connectivity index (χ0) is 17.0. The average molecular weight is 332 g/mol. The third-order valence-electron chi connectivity index (χ3n) is 3.38. The number of halogens is 3. The zero-order valence-electron chi connectivity index (χ0n) is 12.7. The van der Waals surface area contributed by atoms with Gasteiger partial charge in [0, 0.05) is 11.8 Å². The van der Waals surface area contributed by atoms with E-state index in [1.54, 1.807) is 30.3 Å². The minimum atomic E-state index is -4.28. The standard InChI is InChI=1S/C18H15F3N2O/c19-18(20,21)13-23-11-10-17(22-23)15-6-8-16(9-7-15)24-12-14-4-2-1-3-5-14/h1-11H,12-13H2. The second-order valence-corrected chi connectivity index (χ2v) is 5.31. The Bertz CT molecular complexity index is 780. The van der Waals surface area contributed by atoms with Crippen molar-refractivity contribution in [3.05, 3.63) is 72.4 Å². The molecule has 0 atom stereocenters. The molecule has 6 heteroatoms. The van der Waals surface area contributed by atoms with Crippen molar-refractivity contribution in [3.63, 3.8) is 0 Å². The fourth-order valence-electron chi connectivity index (χ4n) is 2.25. The summed E-state index contributed by atoms with van der Waals surface area (Å²) in [6.07, 6.45) is -2.96. The number of hydrogen-bond acceptors (Lipinski definition) is 2. The summed E-state index contributed by atoms with van der Waals surface area (Å²) in [6, 6.07) is 18.5. The Balaban J connectivity index is 1.64. The van der Waals surface area contributed by atoms with E-state index in [0.717, 1.165) is 15.8 Å². The lowest BCUT2D eigenvalue weighted by molar-refractivity contribution is -0.142. The molecule has 0 unspecified atom stereocenters. The van der Waals surface area contributed by atoms with Gasteiger partial charge in [-0.3, -0.25) is 4.68 Å². The fourth-order valence-corrected chi connectivity index (χ4v) is 2.25. The number of alkyl halides is 3. The van der Waals surface area contributed by atoms with Crippen LogP contribution in [0, 0.1) is 0 Å². The van der Waals surface area contributed by atoms with Gasteiger partial charge in [-0.05, 0) is 35.9 Å². The van der Waals surface area contributed by atoms with Crippen molar-refractivity contribution in [2.75, 3.05) is 0 Å². The largest absolute Gasteiger partial charge is 0.489 e. The fraction of sp³-hybridized carbons (Fsp3) is 0.167. The summed E-state index contributed by atoms with van der Waals surface area (Å²) in [5.41, 5.74) is 2.30. The molecule has 0 spiro atoms. The molecule has 2 aromatic carbocycles. The molecule has 0 bridgehead atoms. The summed E-state index contributed by atoms with van der Waals surface area (Å²) in [5, 5.41) is 3.94. The van der Waals surface area contributed by atoms with Crippen molar-refractivity contribution in [2.45, 2.75) is 19.3 Å². The lowest BCUT2D eigenvalue weighted by Crippen LogP contribution is -2.17. The van der Waals surface area contributed by atoms with Gasteiger partial charge in [-0.2, -0.15) is 18.3 Å². The molecule has 1 heterocycles. The second-order valence-electron chi connectivity index (χ2n) is 5.31. The SMILES string of the molecule is FC(F)(F)Cn1ccc(-c2ccc(OCc3ccccc3)cc2)n1. The summed E-state index contributed by atoms with van der Waals surface area (Å²) in [4.78, 5) is 0. The Morgan fingerprint density at radius 3 is 2.29 bits per heavy atom. The first-order valence-corrected chi connectivity index (χ1v) is 7.37. The van der Waals surface area contributed by atoms with Crippen molar-refractivity contribution >= 4 is 0 Å². The van der Waals surface area contributed by atoms with E-state index in [4.69, 9.17) is 4.74 Å². The van der Waals surface area contributed by atoms with Crippen molar-refractivity contribution < 1.29 is 17.9 Å². The van der Waals surface area contributed by atoms with Crippen molar-refractivity contribution in [1.29, 1.82) is 0 Å². The van der Waals surface area contributed by atoms with Crippen LogP contribution < -0.4 is 4.74 Å².